The standard InChI is InChI=1S/C11H8ClNOS2/c1-6-4-7(2-3-8(6)12)5-9-10(14)13-11(15)16-9/h2-5H,1H3,(H,13,14,15)/b9-5+. The highest BCUT2D eigenvalue weighted by Crippen LogP contribution is 2.26. The van der Waals surface area contributed by atoms with Gasteiger partial charge in [0.15, 0.2) is 0 Å². The van der Waals surface area contributed by atoms with Crippen LogP contribution in [-0.4, -0.2) is 10.2 Å². The number of aryl methyl sites for hydroxylation is 1. The summed E-state index contributed by atoms with van der Waals surface area (Å²) >= 11 is 12.1. The lowest BCUT2D eigenvalue weighted by molar-refractivity contribution is -0.115. The Labute approximate surface area is 108 Å². The Morgan fingerprint density at radius 3 is 2.81 bits per heavy atom. The summed E-state index contributed by atoms with van der Waals surface area (Å²) in [5.41, 5.74) is 1.94. The third-order valence-electron chi connectivity index (χ3n) is 2.12. The maximum atomic E-state index is 11.4. The van der Waals surface area contributed by atoms with Crippen LogP contribution in [0.15, 0.2) is 23.1 Å². The summed E-state index contributed by atoms with van der Waals surface area (Å²) in [5, 5.41) is 3.30. The van der Waals surface area contributed by atoms with Crippen LogP contribution in [0.4, 0.5) is 0 Å². The first kappa shape index (κ1) is 11.6. The number of amides is 1. The van der Waals surface area contributed by atoms with Crippen LogP contribution in [0.25, 0.3) is 6.08 Å². The predicted molar refractivity (Wildman–Crippen MR) is 72.5 cm³/mol. The summed E-state index contributed by atoms with van der Waals surface area (Å²) in [6.45, 7) is 1.93. The van der Waals surface area contributed by atoms with Gasteiger partial charge in [-0.05, 0) is 30.2 Å². The lowest BCUT2D eigenvalue weighted by Gasteiger charge is -1.99. The summed E-state index contributed by atoms with van der Waals surface area (Å²) in [6.07, 6.45) is 1.81. The molecule has 0 aliphatic carbocycles. The van der Waals surface area contributed by atoms with Crippen LogP contribution in [0.1, 0.15) is 11.1 Å². The van der Waals surface area contributed by atoms with Crippen molar-refractivity contribution in [1.82, 2.24) is 5.32 Å². The van der Waals surface area contributed by atoms with Crippen LogP contribution in [0, 0.1) is 6.92 Å². The van der Waals surface area contributed by atoms with Gasteiger partial charge in [0.05, 0.1) is 4.91 Å². The van der Waals surface area contributed by atoms with Crippen LogP contribution in [0.5, 0.6) is 0 Å². The number of benzene rings is 1. The number of thiocarbonyl (C=S) groups is 1. The monoisotopic (exact) mass is 269 g/mol. The van der Waals surface area contributed by atoms with Crippen molar-refractivity contribution in [3.05, 3.63) is 39.3 Å². The molecule has 82 valence electrons. The second-order valence-electron chi connectivity index (χ2n) is 3.36. The smallest absolute Gasteiger partial charge is 0.263 e. The van der Waals surface area contributed by atoms with Gasteiger partial charge in [-0.25, -0.2) is 0 Å². The second-order valence-corrected chi connectivity index (χ2v) is 5.49. The van der Waals surface area contributed by atoms with Crippen molar-refractivity contribution in [2.75, 3.05) is 0 Å². The molecule has 1 saturated heterocycles. The van der Waals surface area contributed by atoms with Crippen LogP contribution in [0.3, 0.4) is 0 Å². The highest BCUT2D eigenvalue weighted by atomic mass is 35.5. The number of halogens is 1. The van der Waals surface area contributed by atoms with Gasteiger partial charge in [0.2, 0.25) is 0 Å². The van der Waals surface area contributed by atoms with Gasteiger partial charge >= 0.3 is 0 Å². The molecular formula is C11H8ClNOS2. The number of nitrogens with one attached hydrogen (secondary N) is 1. The topological polar surface area (TPSA) is 29.1 Å². The Hall–Kier alpha value is -0.840. The van der Waals surface area contributed by atoms with Crippen molar-refractivity contribution in [1.29, 1.82) is 0 Å². The van der Waals surface area contributed by atoms with Gasteiger partial charge < -0.3 is 5.32 Å². The molecule has 1 aromatic rings. The molecule has 1 aromatic carbocycles. The average molecular weight is 270 g/mol. The van der Waals surface area contributed by atoms with Crippen molar-refractivity contribution in [3.63, 3.8) is 0 Å². The summed E-state index contributed by atoms with van der Waals surface area (Å²) in [4.78, 5) is 12.0. The molecule has 0 atom stereocenters. The maximum Gasteiger partial charge on any atom is 0.263 e. The third kappa shape index (κ3) is 2.45. The number of hydrogen-bond donors (Lipinski definition) is 1. The lowest BCUT2D eigenvalue weighted by atomic mass is 10.1. The van der Waals surface area contributed by atoms with E-state index < -0.39 is 0 Å². The molecule has 0 saturated carbocycles. The second kappa shape index (κ2) is 4.57. The largest absolute Gasteiger partial charge is 0.307 e. The third-order valence-corrected chi connectivity index (χ3v) is 3.71. The lowest BCUT2D eigenvalue weighted by Crippen LogP contribution is -2.17. The van der Waals surface area contributed by atoms with E-state index in [1.807, 2.05) is 31.2 Å². The van der Waals surface area contributed by atoms with Crippen LogP contribution < -0.4 is 5.32 Å². The van der Waals surface area contributed by atoms with Gasteiger partial charge in [0.25, 0.3) is 5.91 Å². The molecule has 1 fully saturated rings. The molecule has 0 bridgehead atoms. The van der Waals surface area contributed by atoms with Crippen LogP contribution in [-0.2, 0) is 4.79 Å². The summed E-state index contributed by atoms with van der Waals surface area (Å²) in [5.74, 6) is -0.136. The molecule has 1 N–H and O–H groups in total. The Kier molecular flexibility index (Phi) is 3.33. The van der Waals surface area contributed by atoms with E-state index in [1.165, 1.54) is 11.8 Å². The molecule has 1 aliphatic heterocycles. The Balaban J connectivity index is 2.32. The molecular weight excluding hydrogens is 262 g/mol. The van der Waals surface area contributed by atoms with E-state index in [0.29, 0.717) is 9.23 Å². The fraction of sp³-hybridized carbons (Fsp3) is 0.0909. The normalized spacial score (nSPS) is 18.0. The molecule has 16 heavy (non-hydrogen) atoms. The quantitative estimate of drug-likeness (QED) is 0.627. The molecule has 0 spiro atoms. The molecule has 0 radical (unpaired) electrons. The Morgan fingerprint density at radius 1 is 1.50 bits per heavy atom. The number of thioether (sulfide) groups is 1. The first-order valence-corrected chi connectivity index (χ1v) is 6.17. The van der Waals surface area contributed by atoms with E-state index >= 15 is 0 Å². The molecule has 0 unspecified atom stereocenters. The minimum absolute atomic E-state index is 0.136. The van der Waals surface area contributed by atoms with Gasteiger partial charge in [-0.2, -0.15) is 0 Å². The van der Waals surface area contributed by atoms with Crippen molar-refractivity contribution in [2.24, 2.45) is 0 Å². The van der Waals surface area contributed by atoms with Crippen LogP contribution >= 0.6 is 35.6 Å². The van der Waals surface area contributed by atoms with E-state index in [0.717, 1.165) is 16.1 Å². The van der Waals surface area contributed by atoms with E-state index in [4.69, 9.17) is 23.8 Å². The van der Waals surface area contributed by atoms with E-state index in [2.05, 4.69) is 5.32 Å². The Bertz CT molecular complexity index is 511. The zero-order valence-electron chi connectivity index (χ0n) is 8.41. The zero-order chi connectivity index (χ0) is 11.7. The summed E-state index contributed by atoms with van der Waals surface area (Å²) in [6, 6.07) is 5.63. The summed E-state index contributed by atoms with van der Waals surface area (Å²) < 4.78 is 0.502. The van der Waals surface area contributed by atoms with Gasteiger partial charge in [-0.15, -0.1) is 0 Å². The molecule has 2 rings (SSSR count). The fourth-order valence-electron chi connectivity index (χ4n) is 1.33. The molecule has 5 heteroatoms. The molecule has 2 nitrogen and oxygen atoms in total. The minimum atomic E-state index is -0.136. The number of rotatable bonds is 1. The highest BCUT2D eigenvalue weighted by molar-refractivity contribution is 8.26. The molecule has 1 amide bonds. The van der Waals surface area contributed by atoms with Crippen molar-refractivity contribution >= 4 is 51.9 Å². The van der Waals surface area contributed by atoms with Crippen molar-refractivity contribution in [2.45, 2.75) is 6.92 Å². The van der Waals surface area contributed by atoms with Gasteiger partial charge in [-0.1, -0.05) is 47.7 Å². The average Bonchev–Trinajstić information content (AvgIpc) is 2.51. The van der Waals surface area contributed by atoms with Gasteiger partial charge in [0.1, 0.15) is 4.32 Å². The zero-order valence-corrected chi connectivity index (χ0v) is 10.8. The minimum Gasteiger partial charge on any atom is -0.307 e. The predicted octanol–water partition coefficient (Wildman–Crippen LogP) is 3.14. The van der Waals surface area contributed by atoms with Gasteiger partial charge in [-0.3, -0.25) is 4.79 Å². The summed E-state index contributed by atoms with van der Waals surface area (Å²) in [7, 11) is 0. The molecule has 0 aromatic heterocycles. The first-order chi connectivity index (χ1) is 7.56. The SMILES string of the molecule is Cc1cc(/C=C2/SC(=S)NC2=O)ccc1Cl. The number of hydrogen-bond acceptors (Lipinski definition) is 3. The fourth-order valence-corrected chi connectivity index (χ4v) is 2.49. The van der Waals surface area contributed by atoms with E-state index in [-0.39, 0.29) is 5.91 Å². The molecule has 1 heterocycles. The number of carbonyl (C=O) groups excluding carboxylic acids is 1. The van der Waals surface area contributed by atoms with Crippen molar-refractivity contribution < 1.29 is 4.79 Å². The van der Waals surface area contributed by atoms with Crippen molar-refractivity contribution in [3.8, 4) is 0 Å². The maximum absolute atomic E-state index is 11.4. The van der Waals surface area contributed by atoms with E-state index in [9.17, 15) is 4.79 Å². The van der Waals surface area contributed by atoms with Crippen LogP contribution in [0.2, 0.25) is 5.02 Å². The highest BCUT2D eigenvalue weighted by Gasteiger charge is 2.21. The first-order valence-electron chi connectivity index (χ1n) is 4.57. The van der Waals surface area contributed by atoms with E-state index in [1.54, 1.807) is 0 Å². The Morgan fingerprint density at radius 2 is 2.25 bits per heavy atom. The number of carbonyl (C=O) groups is 1. The van der Waals surface area contributed by atoms with Gasteiger partial charge in [0, 0.05) is 5.02 Å². The molecule has 1 aliphatic rings.